The molecule has 0 saturated carbocycles. The lowest BCUT2D eigenvalue weighted by atomic mass is 10.2. The number of carbonyl (C=O) groups is 3. The summed E-state index contributed by atoms with van der Waals surface area (Å²) in [6, 6.07) is 14.0. The molecule has 3 amide bonds. The molecular weight excluding hydrogens is 450 g/mol. The predicted octanol–water partition coefficient (Wildman–Crippen LogP) is 4.37. The van der Waals surface area contributed by atoms with Crippen molar-refractivity contribution in [2.45, 2.75) is 23.5 Å². The lowest BCUT2D eigenvalue weighted by molar-refractivity contribution is -0.139. The number of thioether (sulfide) groups is 1. The molecule has 0 radical (unpaired) electrons. The number of rotatable bonds is 5. The zero-order chi connectivity index (χ0) is 23.1. The predicted molar refractivity (Wildman–Crippen MR) is 126 cm³/mol. The number of esters is 1. The maximum atomic E-state index is 13.3. The van der Waals surface area contributed by atoms with Crippen molar-refractivity contribution >= 4 is 47.0 Å². The number of urea groups is 1. The van der Waals surface area contributed by atoms with Crippen LogP contribution in [0.5, 0.6) is 0 Å². The van der Waals surface area contributed by atoms with Crippen LogP contribution in [0, 0.1) is 0 Å². The quantitative estimate of drug-likeness (QED) is 0.513. The molecule has 32 heavy (non-hydrogen) atoms. The highest BCUT2D eigenvalue weighted by Gasteiger charge is 2.25. The number of amides is 3. The van der Waals surface area contributed by atoms with Gasteiger partial charge in [-0.25, -0.2) is 4.79 Å². The number of nitrogens with one attached hydrogen (secondary N) is 1. The number of nitrogens with zero attached hydrogens (tertiary/aromatic N) is 2. The molecule has 1 aliphatic heterocycles. The third-order valence-corrected chi connectivity index (χ3v) is 6.49. The van der Waals surface area contributed by atoms with E-state index in [1.165, 1.54) is 18.9 Å². The Labute approximate surface area is 197 Å². The van der Waals surface area contributed by atoms with Crippen LogP contribution in [0.25, 0.3) is 0 Å². The number of methoxy groups -OCH3 is 1. The molecule has 1 N–H and O–H groups in total. The lowest BCUT2D eigenvalue weighted by Gasteiger charge is -2.23. The van der Waals surface area contributed by atoms with E-state index in [0.29, 0.717) is 48.9 Å². The average Bonchev–Trinajstić information content (AvgIpc) is 3.05. The van der Waals surface area contributed by atoms with Crippen molar-refractivity contribution in [3.8, 4) is 0 Å². The van der Waals surface area contributed by atoms with Gasteiger partial charge in [-0.15, -0.1) is 11.8 Å². The van der Waals surface area contributed by atoms with Crippen LogP contribution in [0.1, 0.15) is 23.7 Å². The van der Waals surface area contributed by atoms with Gasteiger partial charge >= 0.3 is 12.0 Å². The molecule has 7 nitrogen and oxygen atoms in total. The average molecular weight is 476 g/mol. The molecule has 1 unspecified atom stereocenters. The van der Waals surface area contributed by atoms with E-state index in [0.717, 1.165) is 4.90 Å². The maximum absolute atomic E-state index is 13.3. The molecular formula is C23H26ClN3O4S. The highest BCUT2D eigenvalue weighted by molar-refractivity contribution is 8.00. The minimum absolute atomic E-state index is 0.109. The zero-order valence-corrected chi connectivity index (χ0v) is 19.6. The van der Waals surface area contributed by atoms with Crippen molar-refractivity contribution in [3.63, 3.8) is 0 Å². The van der Waals surface area contributed by atoms with Crippen LogP contribution in [-0.2, 0) is 9.53 Å². The molecule has 0 spiro atoms. The zero-order valence-electron chi connectivity index (χ0n) is 18.0. The summed E-state index contributed by atoms with van der Waals surface area (Å²) in [5, 5.41) is 2.98. The molecule has 170 valence electrons. The number of ether oxygens (including phenoxy) is 1. The fourth-order valence-corrected chi connectivity index (χ4v) is 4.62. The van der Waals surface area contributed by atoms with Gasteiger partial charge in [-0.2, -0.15) is 0 Å². The first-order valence-electron chi connectivity index (χ1n) is 10.3. The third kappa shape index (κ3) is 6.17. The number of carbonyl (C=O) groups excluding carboxylic acids is 3. The van der Waals surface area contributed by atoms with Crippen molar-refractivity contribution in [2.75, 3.05) is 38.6 Å². The van der Waals surface area contributed by atoms with Gasteiger partial charge in [-0.3, -0.25) is 9.59 Å². The Kier molecular flexibility index (Phi) is 8.41. The third-order valence-electron chi connectivity index (χ3n) is 5.10. The molecule has 1 saturated heterocycles. The molecule has 9 heteroatoms. The van der Waals surface area contributed by atoms with Gasteiger partial charge in [-0.05, 0) is 43.7 Å². The second-order valence-electron chi connectivity index (χ2n) is 7.35. The van der Waals surface area contributed by atoms with Crippen molar-refractivity contribution in [3.05, 3.63) is 59.1 Å². The van der Waals surface area contributed by atoms with Crippen LogP contribution in [0.15, 0.2) is 53.4 Å². The summed E-state index contributed by atoms with van der Waals surface area (Å²) < 4.78 is 4.79. The number of hydrogen-bond acceptors (Lipinski definition) is 5. The van der Waals surface area contributed by atoms with Crippen LogP contribution in [0.4, 0.5) is 10.5 Å². The second kappa shape index (κ2) is 11.2. The largest absolute Gasteiger partial charge is 0.468 e. The van der Waals surface area contributed by atoms with Gasteiger partial charge in [0.15, 0.2) is 0 Å². The fourth-order valence-electron chi connectivity index (χ4n) is 3.41. The SMILES string of the molecule is COC(=O)C(C)Sc1ccccc1C(=O)N1CCCN(C(=O)Nc2cccc(Cl)c2)CC1. The lowest BCUT2D eigenvalue weighted by Crippen LogP contribution is -2.39. The summed E-state index contributed by atoms with van der Waals surface area (Å²) in [5.74, 6) is -0.448. The Hall–Kier alpha value is -2.71. The molecule has 2 aromatic rings. The Balaban J connectivity index is 1.65. The number of hydrogen-bond donors (Lipinski definition) is 1. The molecule has 1 heterocycles. The molecule has 1 atom stereocenters. The normalized spacial score (nSPS) is 15.0. The first-order chi connectivity index (χ1) is 15.4. The van der Waals surface area contributed by atoms with Gasteiger partial charge in [0.05, 0.1) is 12.7 Å². The highest BCUT2D eigenvalue weighted by atomic mass is 35.5. The van der Waals surface area contributed by atoms with E-state index in [1.54, 1.807) is 47.1 Å². The minimum atomic E-state index is -0.427. The van der Waals surface area contributed by atoms with Crippen LogP contribution in [0.3, 0.4) is 0 Å². The van der Waals surface area contributed by atoms with Crippen molar-refractivity contribution in [2.24, 2.45) is 0 Å². The summed E-state index contributed by atoms with van der Waals surface area (Å²) in [6.07, 6.45) is 0.669. The van der Waals surface area contributed by atoms with E-state index in [-0.39, 0.29) is 17.9 Å². The van der Waals surface area contributed by atoms with Gasteiger partial charge in [-0.1, -0.05) is 29.8 Å². The molecule has 0 aromatic heterocycles. The highest BCUT2D eigenvalue weighted by Crippen LogP contribution is 2.28. The smallest absolute Gasteiger partial charge is 0.321 e. The maximum Gasteiger partial charge on any atom is 0.321 e. The summed E-state index contributed by atoms with van der Waals surface area (Å²) >= 11 is 7.29. The number of anilines is 1. The number of benzene rings is 2. The standard InChI is InChI=1S/C23H26ClN3O4S/c1-16(22(29)31-2)32-20-10-4-3-9-19(20)21(28)26-11-6-12-27(14-13-26)23(30)25-18-8-5-7-17(24)15-18/h3-5,7-10,15-16H,6,11-14H2,1-2H3,(H,25,30). The molecule has 1 aliphatic rings. The first kappa shape index (κ1) is 23.9. The van der Waals surface area contributed by atoms with Crippen LogP contribution in [0.2, 0.25) is 5.02 Å². The monoisotopic (exact) mass is 475 g/mol. The topological polar surface area (TPSA) is 79.0 Å². The van der Waals surface area contributed by atoms with Crippen molar-refractivity contribution < 1.29 is 19.1 Å². The van der Waals surface area contributed by atoms with E-state index in [9.17, 15) is 14.4 Å². The summed E-state index contributed by atoms with van der Waals surface area (Å²) in [6.45, 7) is 3.69. The van der Waals surface area contributed by atoms with Gasteiger partial charge in [0.2, 0.25) is 0 Å². The van der Waals surface area contributed by atoms with E-state index in [1.807, 2.05) is 18.2 Å². The first-order valence-corrected chi connectivity index (χ1v) is 11.6. The molecule has 0 aliphatic carbocycles. The summed E-state index contributed by atoms with van der Waals surface area (Å²) in [7, 11) is 1.35. The Morgan fingerprint density at radius 3 is 2.50 bits per heavy atom. The summed E-state index contributed by atoms with van der Waals surface area (Å²) in [4.78, 5) is 41.9. The summed E-state index contributed by atoms with van der Waals surface area (Å²) in [5.41, 5.74) is 1.18. The molecule has 3 rings (SSSR count). The van der Waals surface area contributed by atoms with E-state index in [2.05, 4.69) is 5.32 Å². The van der Waals surface area contributed by atoms with Crippen molar-refractivity contribution in [1.82, 2.24) is 9.80 Å². The van der Waals surface area contributed by atoms with Gasteiger partial charge < -0.3 is 19.9 Å². The second-order valence-corrected chi connectivity index (χ2v) is 9.17. The van der Waals surface area contributed by atoms with Gasteiger partial charge in [0.25, 0.3) is 5.91 Å². The van der Waals surface area contributed by atoms with E-state index in [4.69, 9.17) is 16.3 Å². The van der Waals surface area contributed by atoms with Crippen molar-refractivity contribution in [1.29, 1.82) is 0 Å². The molecule has 2 aromatic carbocycles. The van der Waals surface area contributed by atoms with Crippen LogP contribution >= 0.6 is 23.4 Å². The Morgan fingerprint density at radius 2 is 1.75 bits per heavy atom. The van der Waals surface area contributed by atoms with E-state index >= 15 is 0 Å². The minimum Gasteiger partial charge on any atom is -0.468 e. The number of halogens is 1. The molecule has 1 fully saturated rings. The fraction of sp³-hybridized carbons (Fsp3) is 0.348. The van der Waals surface area contributed by atoms with E-state index < -0.39 is 5.25 Å². The van der Waals surface area contributed by atoms with Gasteiger partial charge in [0.1, 0.15) is 5.25 Å². The molecule has 0 bridgehead atoms. The Morgan fingerprint density at radius 1 is 1.03 bits per heavy atom. The van der Waals surface area contributed by atoms with Gasteiger partial charge in [0, 0.05) is 41.8 Å². The van der Waals surface area contributed by atoms with Crippen LogP contribution < -0.4 is 5.32 Å². The van der Waals surface area contributed by atoms with Crippen LogP contribution in [-0.4, -0.2) is 66.2 Å². The Bertz CT molecular complexity index is 987.